The number of aliphatic hydroxyl groups is 1. The number of hydrogen-bond acceptors (Lipinski definition) is 8. The van der Waals surface area contributed by atoms with Gasteiger partial charge in [-0.3, -0.25) is 0 Å². The molecule has 0 aromatic heterocycles. The molecule has 182 valence electrons. The molecule has 0 heterocycles. The molecular formula is C24H38O8. The zero-order chi connectivity index (χ0) is 25.8. The zero-order valence-corrected chi connectivity index (χ0v) is 21.4. The van der Waals surface area contributed by atoms with Crippen LogP contribution in [-0.4, -0.2) is 51.2 Å². The van der Waals surface area contributed by atoms with Gasteiger partial charge in [0, 0.05) is 12.0 Å². The van der Waals surface area contributed by atoms with Crippen LogP contribution in [0.4, 0.5) is 0 Å². The lowest BCUT2D eigenvalue weighted by atomic mass is 10.0. The van der Waals surface area contributed by atoms with E-state index in [2.05, 4.69) is 11.8 Å². The molecule has 0 bridgehead atoms. The highest BCUT2D eigenvalue weighted by Gasteiger charge is 2.42. The Morgan fingerprint density at radius 2 is 1.12 bits per heavy atom. The molecule has 0 spiro atoms. The minimum Gasteiger partial charge on any atom is -0.457 e. The summed E-state index contributed by atoms with van der Waals surface area (Å²) in [6.07, 6.45) is 0.759. The summed E-state index contributed by atoms with van der Waals surface area (Å²) in [7, 11) is 0. The number of hydrogen-bond donors (Lipinski definition) is 1. The number of rotatable bonds is 4. The van der Waals surface area contributed by atoms with Gasteiger partial charge in [0.25, 0.3) is 5.79 Å². The quantitative estimate of drug-likeness (QED) is 0.172. The van der Waals surface area contributed by atoms with E-state index < -0.39 is 51.7 Å². The van der Waals surface area contributed by atoms with Crippen LogP contribution in [0.1, 0.15) is 83.1 Å². The van der Waals surface area contributed by atoms with Crippen LogP contribution in [0, 0.1) is 11.8 Å². The number of esters is 3. The Morgan fingerprint density at radius 3 is 1.50 bits per heavy atom. The summed E-state index contributed by atoms with van der Waals surface area (Å²) in [5, 5.41) is 11.3. The van der Waals surface area contributed by atoms with Gasteiger partial charge in [0.05, 0.1) is 5.60 Å². The molecule has 1 atom stereocenters. The van der Waals surface area contributed by atoms with Gasteiger partial charge >= 0.3 is 17.9 Å². The third kappa shape index (κ3) is 13.1. The van der Waals surface area contributed by atoms with Crippen molar-refractivity contribution in [1.82, 2.24) is 0 Å². The number of carbonyl (C=O) groups excluding carboxylic acids is 3. The Kier molecular flexibility index (Phi) is 9.31. The Labute approximate surface area is 191 Å². The normalized spacial score (nSPS) is 15.1. The zero-order valence-electron chi connectivity index (χ0n) is 21.4. The first-order valence-corrected chi connectivity index (χ1v) is 10.3. The summed E-state index contributed by atoms with van der Waals surface area (Å²) >= 11 is 0. The topological polar surface area (TPSA) is 108 Å². The Balaban J connectivity index is 6.61. The average molecular weight is 455 g/mol. The van der Waals surface area contributed by atoms with Gasteiger partial charge in [-0.15, -0.1) is 0 Å². The minimum atomic E-state index is -2.67. The van der Waals surface area contributed by atoms with Crippen LogP contribution < -0.4 is 0 Å². The van der Waals surface area contributed by atoms with Gasteiger partial charge in [-0.05, 0) is 89.0 Å². The fourth-order valence-electron chi connectivity index (χ4n) is 2.11. The second kappa shape index (κ2) is 10.1. The maximum atomic E-state index is 12.9. The van der Waals surface area contributed by atoms with Crippen LogP contribution in [0.3, 0.4) is 0 Å². The van der Waals surface area contributed by atoms with E-state index in [0.29, 0.717) is 0 Å². The number of carbonyl (C=O) groups is 3. The minimum absolute atomic E-state index is 0.632. The molecule has 0 aliphatic rings. The molecule has 0 aromatic carbocycles. The van der Waals surface area contributed by atoms with E-state index in [1.54, 1.807) is 83.1 Å². The second-order valence-corrected chi connectivity index (χ2v) is 11.2. The van der Waals surface area contributed by atoms with Crippen LogP contribution in [-0.2, 0) is 33.3 Å². The first-order chi connectivity index (χ1) is 13.9. The monoisotopic (exact) mass is 454 g/mol. The van der Waals surface area contributed by atoms with E-state index in [4.69, 9.17) is 18.9 Å². The molecular weight excluding hydrogens is 416 g/mol. The molecule has 0 radical (unpaired) electrons. The molecule has 0 rings (SSSR count). The molecule has 0 aliphatic carbocycles. The van der Waals surface area contributed by atoms with Crippen molar-refractivity contribution >= 4 is 17.9 Å². The van der Waals surface area contributed by atoms with Crippen molar-refractivity contribution in [1.29, 1.82) is 0 Å². The van der Waals surface area contributed by atoms with Crippen molar-refractivity contribution in [2.45, 2.75) is 111 Å². The van der Waals surface area contributed by atoms with Gasteiger partial charge in [0.2, 0.25) is 0 Å². The van der Waals surface area contributed by atoms with Crippen LogP contribution >= 0.6 is 0 Å². The van der Waals surface area contributed by atoms with E-state index in [1.807, 2.05) is 0 Å². The average Bonchev–Trinajstić information content (AvgIpc) is 2.43. The van der Waals surface area contributed by atoms with Crippen LogP contribution in [0.2, 0.25) is 0 Å². The summed E-state index contributed by atoms with van der Waals surface area (Å²) < 4.78 is 21.3. The molecule has 0 saturated heterocycles. The smallest absolute Gasteiger partial charge is 0.385 e. The van der Waals surface area contributed by atoms with Crippen molar-refractivity contribution in [2.75, 3.05) is 0 Å². The summed E-state index contributed by atoms with van der Waals surface area (Å²) in [5.74, 6) is -1.23. The molecule has 1 unspecified atom stereocenters. The van der Waals surface area contributed by atoms with Crippen molar-refractivity contribution < 1.29 is 38.4 Å². The lowest BCUT2D eigenvalue weighted by molar-refractivity contribution is -0.200. The Morgan fingerprint density at radius 1 is 0.688 bits per heavy atom. The van der Waals surface area contributed by atoms with Crippen molar-refractivity contribution in [2.24, 2.45) is 0 Å². The van der Waals surface area contributed by atoms with E-state index in [-0.39, 0.29) is 0 Å². The fourth-order valence-corrected chi connectivity index (χ4v) is 2.11. The van der Waals surface area contributed by atoms with Gasteiger partial charge in [-0.1, -0.05) is 0 Å². The fraction of sp³-hybridized carbons (Fsp3) is 0.708. The van der Waals surface area contributed by atoms with Gasteiger partial charge in [0.15, 0.2) is 0 Å². The Bertz CT molecular complexity index is 799. The van der Waals surface area contributed by atoms with Crippen LogP contribution in [0.15, 0.2) is 11.6 Å². The summed E-state index contributed by atoms with van der Waals surface area (Å²) in [6, 6.07) is 0. The van der Waals surface area contributed by atoms with Crippen molar-refractivity contribution in [3.63, 3.8) is 0 Å². The molecule has 0 aliphatic heterocycles. The molecule has 0 saturated carbocycles. The van der Waals surface area contributed by atoms with Crippen molar-refractivity contribution in [3.8, 4) is 11.8 Å². The second-order valence-electron chi connectivity index (χ2n) is 11.2. The lowest BCUT2D eigenvalue weighted by Gasteiger charge is -2.33. The largest absolute Gasteiger partial charge is 0.457 e. The molecule has 0 fully saturated rings. The predicted molar refractivity (Wildman–Crippen MR) is 119 cm³/mol. The Hall–Kier alpha value is -2.37. The van der Waals surface area contributed by atoms with E-state index >= 15 is 0 Å². The van der Waals surface area contributed by atoms with Gasteiger partial charge in [0.1, 0.15) is 22.4 Å². The van der Waals surface area contributed by atoms with E-state index in [9.17, 15) is 19.5 Å². The molecule has 8 nitrogen and oxygen atoms in total. The van der Waals surface area contributed by atoms with Gasteiger partial charge < -0.3 is 24.1 Å². The highest BCUT2D eigenvalue weighted by atomic mass is 16.6. The highest BCUT2D eigenvalue weighted by Crippen LogP contribution is 2.28. The molecule has 0 amide bonds. The summed E-state index contributed by atoms with van der Waals surface area (Å²) in [5.41, 5.74) is -4.31. The third-order valence-corrected chi connectivity index (χ3v) is 2.84. The first-order valence-electron chi connectivity index (χ1n) is 10.3. The maximum absolute atomic E-state index is 12.9. The number of ether oxygens (including phenoxy) is 4. The third-order valence-electron chi connectivity index (χ3n) is 2.84. The van der Waals surface area contributed by atoms with E-state index in [0.717, 1.165) is 6.08 Å². The standard InChI is InChI=1S/C24H38O8/c1-20(2,3)29-17(25)13-14-24(28,32-23(10,11)12)16(19(27)31-22(7,8)9)15-18(26)30-21(4,5)6/h15,28H,1-12H3. The summed E-state index contributed by atoms with van der Waals surface area (Å²) in [4.78, 5) is 37.5. The molecule has 8 heteroatoms. The molecule has 32 heavy (non-hydrogen) atoms. The van der Waals surface area contributed by atoms with Gasteiger partial charge in [-0.25, -0.2) is 14.4 Å². The van der Waals surface area contributed by atoms with Crippen LogP contribution in [0.25, 0.3) is 0 Å². The molecule has 1 N–H and O–H groups in total. The SMILES string of the molecule is CC(C)(C)OC(=O)C#CC(O)(OC(C)(C)C)C(=CC(=O)OC(C)(C)C)C(=O)OC(C)(C)C. The van der Waals surface area contributed by atoms with Crippen molar-refractivity contribution in [3.05, 3.63) is 11.6 Å². The highest BCUT2D eigenvalue weighted by molar-refractivity contribution is 5.99. The van der Waals surface area contributed by atoms with E-state index in [1.165, 1.54) is 0 Å². The predicted octanol–water partition coefficient (Wildman–Crippen LogP) is 3.45. The maximum Gasteiger partial charge on any atom is 0.385 e. The lowest BCUT2D eigenvalue weighted by Crippen LogP contribution is -2.45. The first kappa shape index (κ1) is 29.6. The van der Waals surface area contributed by atoms with Crippen LogP contribution in [0.5, 0.6) is 0 Å². The molecule has 0 aromatic rings. The van der Waals surface area contributed by atoms with Gasteiger partial charge in [-0.2, -0.15) is 0 Å². The summed E-state index contributed by atoms with van der Waals surface area (Å²) in [6.45, 7) is 19.6.